The fourth-order valence-electron chi connectivity index (χ4n) is 3.95. The molecule has 0 aromatic heterocycles. The molecular weight excluding hydrogens is 649 g/mol. The molecule has 0 aliphatic rings. The maximum atomic E-state index is 11.0. The number of ether oxygens (including phenoxy) is 6. The number of benzene rings is 3. The Bertz CT molecular complexity index is 1250. The van der Waals surface area contributed by atoms with Crippen LogP contribution in [0.15, 0.2) is 87.5 Å². The number of hydrogen-bond donors (Lipinski definition) is 0. The Morgan fingerprint density at radius 3 is 1.04 bits per heavy atom. The Hall–Kier alpha value is -3.01. The van der Waals surface area contributed by atoms with Gasteiger partial charge in [0.05, 0.1) is 10.9 Å². The maximum Gasteiger partial charge on any atom is 0.401 e. The van der Waals surface area contributed by atoms with Crippen molar-refractivity contribution in [2.45, 2.75) is 81.3 Å². The summed E-state index contributed by atoms with van der Waals surface area (Å²) < 4.78 is 95.2. The molecule has 0 fully saturated rings. The molecule has 0 saturated carbocycles. The number of rotatable bonds is 16. The normalized spacial score (nSPS) is 14.3. The lowest BCUT2D eigenvalue weighted by Crippen LogP contribution is -2.21. The van der Waals surface area contributed by atoms with Gasteiger partial charge in [-0.25, -0.2) is 8.42 Å². The molecule has 0 aliphatic carbocycles. The third-order valence-electron chi connectivity index (χ3n) is 5.63. The monoisotopic (exact) mass is 690 g/mol. The van der Waals surface area contributed by atoms with Gasteiger partial charge in [0, 0.05) is 19.8 Å². The summed E-state index contributed by atoms with van der Waals surface area (Å²) in [6.45, 7) is 13.4. The summed E-state index contributed by atoms with van der Waals surface area (Å²) in [7, 11) is -5.50. The molecule has 0 saturated heterocycles. The summed E-state index contributed by atoms with van der Waals surface area (Å²) in [6, 6.07) is 24.6. The molecule has 256 valence electrons. The number of hydrogen-bond acceptors (Lipinski definition) is 9. The molecule has 0 radical (unpaired) electrons. The minimum atomic E-state index is -5.16. The van der Waals surface area contributed by atoms with Crippen LogP contribution in [0, 0.1) is 0 Å². The van der Waals surface area contributed by atoms with Crippen LogP contribution in [-0.2, 0) is 35.2 Å². The van der Waals surface area contributed by atoms with E-state index in [2.05, 4.69) is 36.4 Å². The first-order valence-electron chi connectivity index (χ1n) is 14.5. The van der Waals surface area contributed by atoms with E-state index in [1.807, 2.05) is 77.9 Å². The highest BCUT2D eigenvalue weighted by molar-refractivity contribution is 7.97. The standard InChI is InChI=1S/C30H39O6S.C2H3F3O3S/c1-7-31-22(4)34-25-10-16-28(17-11-25)37(29-18-12-26(13-19-29)35-23(5)32-8-2)30-20-14-27(15-21-30)36-24(6)33-9-3;3-2(4,5)1-9(6,7)8/h10-24H,7-9H2,1-6H3;1H2,(H,6,7,8)/q+1;/p-1. The van der Waals surface area contributed by atoms with E-state index in [0.717, 1.165) is 17.2 Å². The van der Waals surface area contributed by atoms with Crippen LogP contribution >= 0.6 is 0 Å². The van der Waals surface area contributed by atoms with Crippen molar-refractivity contribution in [3.8, 4) is 17.2 Å². The number of alkyl halides is 3. The van der Waals surface area contributed by atoms with Gasteiger partial charge in [0.15, 0.2) is 33.6 Å². The van der Waals surface area contributed by atoms with E-state index in [1.54, 1.807) is 0 Å². The van der Waals surface area contributed by atoms with Crippen molar-refractivity contribution < 1.29 is 54.6 Å². The van der Waals surface area contributed by atoms with Crippen molar-refractivity contribution in [1.82, 2.24) is 0 Å². The Labute approximate surface area is 272 Å². The largest absolute Gasteiger partial charge is 0.748 e. The highest BCUT2D eigenvalue weighted by Crippen LogP contribution is 2.34. The number of halogens is 3. The van der Waals surface area contributed by atoms with Crippen LogP contribution in [0.25, 0.3) is 0 Å². The summed E-state index contributed by atoms with van der Waals surface area (Å²) in [4.78, 5) is 3.51. The van der Waals surface area contributed by atoms with Gasteiger partial charge in [-0.1, -0.05) is 0 Å². The van der Waals surface area contributed by atoms with Gasteiger partial charge < -0.3 is 33.0 Å². The smallest absolute Gasteiger partial charge is 0.401 e. The van der Waals surface area contributed by atoms with Gasteiger partial charge in [-0.2, -0.15) is 13.2 Å². The summed E-state index contributed by atoms with van der Waals surface area (Å²) in [5.41, 5.74) is 0. The second kappa shape index (κ2) is 19.0. The van der Waals surface area contributed by atoms with Crippen LogP contribution in [-0.4, -0.2) is 63.6 Å². The van der Waals surface area contributed by atoms with Crippen LogP contribution in [0.1, 0.15) is 41.5 Å². The van der Waals surface area contributed by atoms with Gasteiger partial charge in [0.2, 0.25) is 0 Å². The Balaban J connectivity index is 0.000000713. The molecule has 0 spiro atoms. The zero-order chi connectivity index (χ0) is 34.3. The topological polar surface area (TPSA) is 113 Å². The summed E-state index contributed by atoms with van der Waals surface area (Å²) in [5.74, 6) is 0.0294. The molecule has 14 heteroatoms. The van der Waals surface area contributed by atoms with Gasteiger partial charge in [0.1, 0.15) is 33.1 Å². The van der Waals surface area contributed by atoms with Crippen LogP contribution < -0.4 is 14.2 Å². The van der Waals surface area contributed by atoms with Crippen molar-refractivity contribution in [3.63, 3.8) is 0 Å². The molecule has 0 N–H and O–H groups in total. The predicted octanol–water partition coefficient (Wildman–Crippen LogP) is 7.16. The van der Waals surface area contributed by atoms with E-state index in [1.165, 1.54) is 14.7 Å². The molecule has 0 amide bonds. The van der Waals surface area contributed by atoms with Crippen molar-refractivity contribution >= 4 is 21.0 Å². The third kappa shape index (κ3) is 15.1. The summed E-state index contributed by atoms with van der Waals surface area (Å²) in [6.07, 6.45) is -5.81. The Morgan fingerprint density at radius 2 is 0.870 bits per heavy atom. The molecule has 3 atom stereocenters. The van der Waals surface area contributed by atoms with Gasteiger partial charge in [-0.15, -0.1) is 0 Å². The van der Waals surface area contributed by atoms with E-state index in [0.29, 0.717) is 19.8 Å². The van der Waals surface area contributed by atoms with Crippen molar-refractivity contribution in [2.75, 3.05) is 25.6 Å². The van der Waals surface area contributed by atoms with Crippen LogP contribution in [0.4, 0.5) is 13.2 Å². The minimum absolute atomic E-state index is 0.299. The molecule has 9 nitrogen and oxygen atoms in total. The average molecular weight is 691 g/mol. The zero-order valence-corrected chi connectivity index (χ0v) is 28.2. The quantitative estimate of drug-likeness (QED) is 0.0878. The second-order valence-electron chi connectivity index (χ2n) is 9.46. The lowest BCUT2D eigenvalue weighted by molar-refractivity contribution is -0.107. The van der Waals surface area contributed by atoms with Crippen LogP contribution in [0.2, 0.25) is 0 Å². The molecule has 0 bridgehead atoms. The van der Waals surface area contributed by atoms with E-state index >= 15 is 0 Å². The molecule has 0 aliphatic heterocycles. The first-order valence-corrected chi connectivity index (χ1v) is 17.3. The van der Waals surface area contributed by atoms with E-state index in [9.17, 15) is 26.1 Å². The second-order valence-corrected chi connectivity index (χ2v) is 12.9. The molecule has 3 aromatic carbocycles. The fourth-order valence-corrected chi connectivity index (χ4v) is 6.39. The van der Waals surface area contributed by atoms with E-state index in [4.69, 9.17) is 28.4 Å². The van der Waals surface area contributed by atoms with Crippen molar-refractivity contribution in [1.29, 1.82) is 0 Å². The highest BCUT2D eigenvalue weighted by Gasteiger charge is 2.31. The summed E-state index contributed by atoms with van der Waals surface area (Å²) >= 11 is 0. The first-order chi connectivity index (χ1) is 21.6. The van der Waals surface area contributed by atoms with Crippen molar-refractivity contribution in [2.24, 2.45) is 0 Å². The SMILES string of the molecule is CCOC(C)Oc1ccc([S+](c2ccc(OC(C)OCC)cc2)c2ccc(OC(C)OCC)cc2)cc1.O=S(=O)([O-])CC(F)(F)F. The fraction of sp³-hybridized carbons (Fsp3) is 0.438. The van der Waals surface area contributed by atoms with E-state index in [-0.39, 0.29) is 29.8 Å². The lowest BCUT2D eigenvalue weighted by Gasteiger charge is -2.16. The molecule has 3 unspecified atom stereocenters. The Morgan fingerprint density at radius 1 is 0.609 bits per heavy atom. The molecular formula is C32H41F3O9S2. The van der Waals surface area contributed by atoms with Crippen LogP contribution in [0.5, 0.6) is 17.2 Å². The van der Waals surface area contributed by atoms with Crippen molar-refractivity contribution in [3.05, 3.63) is 72.8 Å². The van der Waals surface area contributed by atoms with Gasteiger partial charge in [-0.05, 0) is 114 Å². The minimum Gasteiger partial charge on any atom is -0.748 e. The van der Waals surface area contributed by atoms with Gasteiger partial charge >= 0.3 is 6.18 Å². The molecule has 46 heavy (non-hydrogen) atoms. The van der Waals surface area contributed by atoms with Gasteiger partial charge in [0.25, 0.3) is 0 Å². The Kier molecular flexibility index (Phi) is 16.2. The van der Waals surface area contributed by atoms with Gasteiger partial charge in [-0.3, -0.25) is 0 Å². The summed E-state index contributed by atoms with van der Waals surface area (Å²) in [5, 5.41) is 0. The molecule has 3 aromatic rings. The predicted molar refractivity (Wildman–Crippen MR) is 167 cm³/mol. The van der Waals surface area contributed by atoms with E-state index < -0.39 is 22.0 Å². The average Bonchev–Trinajstić information content (AvgIpc) is 2.95. The first kappa shape index (κ1) is 39.2. The molecule has 0 heterocycles. The maximum absolute atomic E-state index is 11.0. The zero-order valence-electron chi connectivity index (χ0n) is 26.6. The van der Waals surface area contributed by atoms with Crippen LogP contribution in [0.3, 0.4) is 0 Å². The third-order valence-corrected chi connectivity index (χ3v) is 8.54. The highest BCUT2D eigenvalue weighted by atomic mass is 32.2. The molecule has 3 rings (SSSR count). The lowest BCUT2D eigenvalue weighted by atomic mass is 10.3.